The molecule has 0 atom stereocenters. The fraction of sp³-hybridized carbons (Fsp3) is 0.364. The predicted octanol–water partition coefficient (Wildman–Crippen LogP) is 5.03. The SMILES string of the molecule is COc1cc(CSc2nnc(N3CCOCC3)n2-c2ccc(C)cc2)ccc1SC(F)F. The van der Waals surface area contributed by atoms with E-state index < -0.39 is 5.76 Å². The number of anilines is 1. The molecule has 1 fully saturated rings. The minimum atomic E-state index is -2.49. The van der Waals surface area contributed by atoms with E-state index in [0.29, 0.717) is 41.4 Å². The van der Waals surface area contributed by atoms with Gasteiger partial charge in [-0.1, -0.05) is 47.3 Å². The van der Waals surface area contributed by atoms with Crippen LogP contribution < -0.4 is 9.64 Å². The van der Waals surface area contributed by atoms with E-state index in [9.17, 15) is 8.78 Å². The van der Waals surface area contributed by atoms with Gasteiger partial charge in [-0.05, 0) is 36.8 Å². The molecule has 0 N–H and O–H groups in total. The number of morpholine rings is 1. The van der Waals surface area contributed by atoms with Crippen molar-refractivity contribution in [3.63, 3.8) is 0 Å². The molecular weight excluding hydrogens is 454 g/mol. The van der Waals surface area contributed by atoms with E-state index in [0.717, 1.165) is 35.4 Å². The Balaban J connectivity index is 1.59. The third-order valence-electron chi connectivity index (χ3n) is 5.01. The molecule has 4 rings (SSSR count). The maximum atomic E-state index is 12.8. The van der Waals surface area contributed by atoms with Gasteiger partial charge in [0.1, 0.15) is 5.75 Å². The van der Waals surface area contributed by atoms with Gasteiger partial charge in [0.15, 0.2) is 5.16 Å². The monoisotopic (exact) mass is 478 g/mol. The Kier molecular flexibility index (Phi) is 7.54. The summed E-state index contributed by atoms with van der Waals surface area (Å²) in [5, 5.41) is 9.71. The fourth-order valence-corrected chi connectivity index (χ4v) is 4.87. The molecular formula is C22H24F2N4O2S2. The maximum Gasteiger partial charge on any atom is 0.289 e. The highest BCUT2D eigenvalue weighted by molar-refractivity contribution is 7.99. The molecule has 0 aliphatic carbocycles. The third-order valence-corrected chi connectivity index (χ3v) is 6.78. The quantitative estimate of drug-likeness (QED) is 0.421. The highest BCUT2D eigenvalue weighted by Gasteiger charge is 2.22. The number of aromatic nitrogens is 3. The minimum absolute atomic E-state index is 0.425. The van der Waals surface area contributed by atoms with Crippen molar-refractivity contribution in [3.8, 4) is 11.4 Å². The van der Waals surface area contributed by atoms with Crippen molar-refractivity contribution in [3.05, 3.63) is 53.6 Å². The van der Waals surface area contributed by atoms with Crippen LogP contribution in [0.5, 0.6) is 5.75 Å². The van der Waals surface area contributed by atoms with Gasteiger partial charge in [0.2, 0.25) is 5.95 Å². The van der Waals surface area contributed by atoms with E-state index in [-0.39, 0.29) is 0 Å². The Morgan fingerprint density at radius 3 is 2.53 bits per heavy atom. The van der Waals surface area contributed by atoms with Crippen molar-refractivity contribution in [1.82, 2.24) is 14.8 Å². The lowest BCUT2D eigenvalue weighted by Crippen LogP contribution is -2.37. The average molecular weight is 479 g/mol. The van der Waals surface area contributed by atoms with Crippen LogP contribution in [0.1, 0.15) is 11.1 Å². The molecule has 170 valence electrons. The molecule has 6 nitrogen and oxygen atoms in total. The molecule has 1 aliphatic heterocycles. The van der Waals surface area contributed by atoms with Gasteiger partial charge in [0, 0.05) is 18.8 Å². The molecule has 3 aromatic rings. The number of alkyl halides is 2. The lowest BCUT2D eigenvalue weighted by molar-refractivity contribution is 0.122. The highest BCUT2D eigenvalue weighted by atomic mass is 32.2. The molecule has 0 unspecified atom stereocenters. The Morgan fingerprint density at radius 2 is 1.84 bits per heavy atom. The number of aryl methyl sites for hydroxylation is 1. The number of benzene rings is 2. The Hall–Kier alpha value is -2.30. The molecule has 0 amide bonds. The van der Waals surface area contributed by atoms with Crippen molar-refractivity contribution in [2.75, 3.05) is 38.3 Å². The zero-order chi connectivity index (χ0) is 22.5. The zero-order valence-corrected chi connectivity index (χ0v) is 19.5. The second-order valence-electron chi connectivity index (χ2n) is 7.21. The van der Waals surface area contributed by atoms with E-state index in [1.165, 1.54) is 12.7 Å². The summed E-state index contributed by atoms with van der Waals surface area (Å²) in [7, 11) is 1.49. The van der Waals surface area contributed by atoms with Gasteiger partial charge >= 0.3 is 0 Å². The number of ether oxygens (including phenoxy) is 2. The zero-order valence-electron chi connectivity index (χ0n) is 17.8. The van der Waals surface area contributed by atoms with Crippen molar-refractivity contribution in [2.24, 2.45) is 0 Å². The molecule has 1 aliphatic rings. The Labute approximate surface area is 194 Å². The normalized spacial score (nSPS) is 14.2. The van der Waals surface area contributed by atoms with Crippen LogP contribution in [0, 0.1) is 6.92 Å². The first kappa shape index (κ1) is 22.9. The van der Waals surface area contributed by atoms with E-state index in [2.05, 4.69) is 50.9 Å². The summed E-state index contributed by atoms with van der Waals surface area (Å²) >= 11 is 2.03. The summed E-state index contributed by atoms with van der Waals surface area (Å²) in [5.41, 5.74) is 3.13. The summed E-state index contributed by atoms with van der Waals surface area (Å²) in [6.45, 7) is 4.89. The highest BCUT2D eigenvalue weighted by Crippen LogP contribution is 2.36. The molecule has 32 heavy (non-hydrogen) atoms. The number of hydrogen-bond donors (Lipinski definition) is 0. The standard InChI is InChI=1S/C22H24F2N4O2S2/c1-15-3-6-17(7-4-15)28-21(27-9-11-30-12-10-27)25-26-22(28)31-14-16-5-8-19(32-20(23)24)18(13-16)29-2/h3-8,13,20H,9-12,14H2,1-2H3. The van der Waals surface area contributed by atoms with Crippen LogP contribution in [-0.2, 0) is 10.5 Å². The van der Waals surface area contributed by atoms with Crippen LogP contribution in [0.4, 0.5) is 14.7 Å². The van der Waals surface area contributed by atoms with Gasteiger partial charge in [0.25, 0.3) is 5.76 Å². The van der Waals surface area contributed by atoms with E-state index >= 15 is 0 Å². The Morgan fingerprint density at radius 1 is 1.09 bits per heavy atom. The summed E-state index contributed by atoms with van der Waals surface area (Å²) in [6, 6.07) is 13.6. The van der Waals surface area contributed by atoms with E-state index in [1.54, 1.807) is 23.9 Å². The van der Waals surface area contributed by atoms with Crippen molar-refractivity contribution >= 4 is 29.5 Å². The second-order valence-corrected chi connectivity index (χ2v) is 9.18. The number of halogens is 2. The van der Waals surface area contributed by atoms with Crippen LogP contribution in [0.2, 0.25) is 0 Å². The van der Waals surface area contributed by atoms with Crippen LogP contribution in [-0.4, -0.2) is 53.9 Å². The summed E-state index contributed by atoms with van der Waals surface area (Å²) in [5.74, 6) is -0.651. The van der Waals surface area contributed by atoms with Crippen LogP contribution >= 0.6 is 23.5 Å². The van der Waals surface area contributed by atoms with Gasteiger partial charge in [-0.2, -0.15) is 8.78 Å². The van der Waals surface area contributed by atoms with Gasteiger partial charge < -0.3 is 14.4 Å². The number of hydrogen-bond acceptors (Lipinski definition) is 7. The first-order valence-electron chi connectivity index (χ1n) is 10.1. The molecule has 0 bridgehead atoms. The number of thioether (sulfide) groups is 2. The average Bonchev–Trinajstić information content (AvgIpc) is 3.23. The van der Waals surface area contributed by atoms with E-state index in [1.807, 2.05) is 6.07 Å². The Bertz CT molecular complexity index is 1040. The first-order chi connectivity index (χ1) is 15.5. The van der Waals surface area contributed by atoms with Crippen LogP contribution in [0.25, 0.3) is 5.69 Å². The van der Waals surface area contributed by atoms with Gasteiger partial charge in [-0.25, -0.2) is 0 Å². The minimum Gasteiger partial charge on any atom is -0.496 e. The second kappa shape index (κ2) is 10.5. The topological polar surface area (TPSA) is 52.4 Å². The van der Waals surface area contributed by atoms with Gasteiger partial charge in [0.05, 0.1) is 30.9 Å². The lowest BCUT2D eigenvalue weighted by Gasteiger charge is -2.28. The van der Waals surface area contributed by atoms with Crippen molar-refractivity contribution in [1.29, 1.82) is 0 Å². The third kappa shape index (κ3) is 5.36. The van der Waals surface area contributed by atoms with Crippen LogP contribution in [0.15, 0.2) is 52.5 Å². The van der Waals surface area contributed by atoms with Crippen LogP contribution in [0.3, 0.4) is 0 Å². The van der Waals surface area contributed by atoms with Crippen molar-refractivity contribution < 1.29 is 18.3 Å². The fourth-order valence-electron chi connectivity index (χ4n) is 3.39. The van der Waals surface area contributed by atoms with Gasteiger partial charge in [-0.3, -0.25) is 4.57 Å². The molecule has 2 aromatic carbocycles. The molecule has 0 radical (unpaired) electrons. The van der Waals surface area contributed by atoms with Crippen molar-refractivity contribution in [2.45, 2.75) is 28.5 Å². The van der Waals surface area contributed by atoms with E-state index in [4.69, 9.17) is 9.47 Å². The summed E-state index contributed by atoms with van der Waals surface area (Å²) in [6.07, 6.45) is 0. The smallest absolute Gasteiger partial charge is 0.289 e. The molecule has 0 saturated carbocycles. The first-order valence-corrected chi connectivity index (χ1v) is 12.0. The summed E-state index contributed by atoms with van der Waals surface area (Å²) in [4.78, 5) is 2.61. The largest absolute Gasteiger partial charge is 0.496 e. The predicted molar refractivity (Wildman–Crippen MR) is 124 cm³/mol. The molecule has 1 saturated heterocycles. The molecule has 10 heteroatoms. The maximum absolute atomic E-state index is 12.8. The summed E-state index contributed by atoms with van der Waals surface area (Å²) < 4.78 is 38.4. The lowest BCUT2D eigenvalue weighted by atomic mass is 10.2. The van der Waals surface area contributed by atoms with Gasteiger partial charge in [-0.15, -0.1) is 10.2 Å². The number of methoxy groups -OCH3 is 1. The molecule has 2 heterocycles. The molecule has 0 spiro atoms. The number of rotatable bonds is 8. The molecule has 1 aromatic heterocycles. The number of nitrogens with zero attached hydrogens (tertiary/aromatic N) is 4.